The molecule has 2 rings (SSSR count). The summed E-state index contributed by atoms with van der Waals surface area (Å²) in [6, 6.07) is 1.63. The van der Waals surface area contributed by atoms with Gasteiger partial charge in [-0.15, -0.1) is 0 Å². The van der Waals surface area contributed by atoms with E-state index in [0.717, 1.165) is 12.1 Å². The van der Waals surface area contributed by atoms with Gasteiger partial charge in [0, 0.05) is 25.7 Å². The van der Waals surface area contributed by atoms with E-state index in [-0.39, 0.29) is 6.04 Å². The van der Waals surface area contributed by atoms with Crippen LogP contribution in [0.15, 0.2) is 12.1 Å². The first-order chi connectivity index (χ1) is 8.52. The highest BCUT2D eigenvalue weighted by Gasteiger charge is 2.27. The predicted octanol–water partition coefficient (Wildman–Crippen LogP) is 1.54. The van der Waals surface area contributed by atoms with E-state index in [1.807, 2.05) is 6.92 Å². The summed E-state index contributed by atoms with van der Waals surface area (Å²) in [5, 5.41) is 3.08. The molecule has 0 aliphatic carbocycles. The Bertz CT molecular complexity index is 479. The molecular formula is C12H13F3N2O. The van der Waals surface area contributed by atoms with E-state index in [9.17, 15) is 18.0 Å². The van der Waals surface area contributed by atoms with E-state index < -0.39 is 28.9 Å². The van der Waals surface area contributed by atoms with Crippen molar-refractivity contribution in [2.24, 2.45) is 0 Å². The number of nitrogens with zero attached hydrogens (tertiary/aromatic N) is 1. The van der Waals surface area contributed by atoms with Crippen LogP contribution in [0.5, 0.6) is 0 Å². The fourth-order valence-corrected chi connectivity index (χ4v) is 1.99. The maximum absolute atomic E-state index is 13.5. The number of amides is 1. The molecule has 0 spiro atoms. The second-order valence-corrected chi connectivity index (χ2v) is 4.27. The molecule has 0 bridgehead atoms. The average molecular weight is 258 g/mol. The fraction of sp³-hybridized carbons (Fsp3) is 0.417. The number of piperazine rings is 1. The molecule has 0 unspecified atom stereocenters. The van der Waals surface area contributed by atoms with Gasteiger partial charge in [0.15, 0.2) is 17.5 Å². The molecule has 18 heavy (non-hydrogen) atoms. The van der Waals surface area contributed by atoms with Gasteiger partial charge in [-0.3, -0.25) is 4.79 Å². The normalized spacial score (nSPS) is 20.0. The van der Waals surface area contributed by atoms with Gasteiger partial charge in [0.25, 0.3) is 5.91 Å². The van der Waals surface area contributed by atoms with Gasteiger partial charge in [-0.1, -0.05) is 0 Å². The molecule has 1 N–H and O–H groups in total. The summed E-state index contributed by atoms with van der Waals surface area (Å²) in [6.45, 7) is 3.42. The van der Waals surface area contributed by atoms with Crippen LogP contribution in [0.25, 0.3) is 0 Å². The Morgan fingerprint density at radius 2 is 2.06 bits per heavy atom. The van der Waals surface area contributed by atoms with Gasteiger partial charge >= 0.3 is 0 Å². The SMILES string of the molecule is C[C@@H]1CNCCN1C(=O)c1ccc(F)c(F)c1F. The van der Waals surface area contributed by atoms with Gasteiger partial charge in [0.05, 0.1) is 5.56 Å². The summed E-state index contributed by atoms with van der Waals surface area (Å²) >= 11 is 0. The lowest BCUT2D eigenvalue weighted by Crippen LogP contribution is -2.52. The van der Waals surface area contributed by atoms with Gasteiger partial charge in [0.1, 0.15) is 0 Å². The number of carbonyl (C=O) groups excluding carboxylic acids is 1. The molecule has 1 aliphatic heterocycles. The number of benzene rings is 1. The Balaban J connectivity index is 2.31. The van der Waals surface area contributed by atoms with E-state index in [1.165, 1.54) is 4.90 Å². The number of rotatable bonds is 1. The molecule has 1 aliphatic rings. The lowest BCUT2D eigenvalue weighted by molar-refractivity contribution is 0.0649. The van der Waals surface area contributed by atoms with Crippen molar-refractivity contribution in [2.45, 2.75) is 13.0 Å². The average Bonchev–Trinajstić information content (AvgIpc) is 2.36. The van der Waals surface area contributed by atoms with Gasteiger partial charge in [-0.05, 0) is 19.1 Å². The van der Waals surface area contributed by atoms with Crippen molar-refractivity contribution in [3.8, 4) is 0 Å². The van der Waals surface area contributed by atoms with Crippen molar-refractivity contribution in [2.75, 3.05) is 19.6 Å². The van der Waals surface area contributed by atoms with E-state index in [2.05, 4.69) is 5.32 Å². The number of hydrogen-bond donors (Lipinski definition) is 1. The molecule has 1 fully saturated rings. The van der Waals surface area contributed by atoms with Crippen LogP contribution < -0.4 is 5.32 Å². The fourth-order valence-electron chi connectivity index (χ4n) is 1.99. The highest BCUT2D eigenvalue weighted by molar-refractivity contribution is 5.94. The van der Waals surface area contributed by atoms with Crippen molar-refractivity contribution in [1.82, 2.24) is 10.2 Å². The van der Waals surface area contributed by atoms with E-state index >= 15 is 0 Å². The third-order valence-electron chi connectivity index (χ3n) is 3.03. The molecule has 0 aromatic heterocycles. The quantitative estimate of drug-likeness (QED) is 0.775. The number of hydrogen-bond acceptors (Lipinski definition) is 2. The van der Waals surface area contributed by atoms with Crippen LogP contribution >= 0.6 is 0 Å². The Kier molecular flexibility index (Phi) is 3.56. The van der Waals surface area contributed by atoms with Crippen molar-refractivity contribution < 1.29 is 18.0 Å². The molecule has 1 aromatic carbocycles. The number of nitrogens with one attached hydrogen (secondary N) is 1. The summed E-state index contributed by atoms with van der Waals surface area (Å²) in [6.07, 6.45) is 0. The molecule has 0 radical (unpaired) electrons. The first kappa shape index (κ1) is 12.9. The molecule has 1 heterocycles. The molecule has 1 saturated heterocycles. The molecule has 1 amide bonds. The lowest BCUT2D eigenvalue weighted by atomic mass is 10.1. The highest BCUT2D eigenvalue weighted by Crippen LogP contribution is 2.18. The smallest absolute Gasteiger partial charge is 0.257 e. The molecule has 98 valence electrons. The Hall–Kier alpha value is -1.56. The van der Waals surface area contributed by atoms with Gasteiger partial charge in [-0.25, -0.2) is 13.2 Å². The van der Waals surface area contributed by atoms with Gasteiger partial charge in [-0.2, -0.15) is 0 Å². The molecule has 6 heteroatoms. The topological polar surface area (TPSA) is 32.3 Å². The minimum atomic E-state index is -1.61. The molecule has 3 nitrogen and oxygen atoms in total. The van der Waals surface area contributed by atoms with E-state index in [4.69, 9.17) is 0 Å². The first-order valence-electron chi connectivity index (χ1n) is 5.67. The lowest BCUT2D eigenvalue weighted by Gasteiger charge is -2.34. The summed E-state index contributed by atoms with van der Waals surface area (Å²) in [7, 11) is 0. The molecule has 0 saturated carbocycles. The first-order valence-corrected chi connectivity index (χ1v) is 5.67. The zero-order valence-electron chi connectivity index (χ0n) is 9.84. The third-order valence-corrected chi connectivity index (χ3v) is 3.03. The van der Waals surface area contributed by atoms with Crippen molar-refractivity contribution in [3.63, 3.8) is 0 Å². The van der Waals surface area contributed by atoms with Gasteiger partial charge in [0.2, 0.25) is 0 Å². The minimum Gasteiger partial charge on any atom is -0.333 e. The molecule has 1 aromatic rings. The standard InChI is InChI=1S/C12H13F3N2O/c1-7-6-16-4-5-17(7)12(18)8-2-3-9(13)11(15)10(8)14/h2-3,7,16H,4-6H2,1H3/t7-/m1/s1. The zero-order chi connectivity index (χ0) is 13.3. The van der Waals surface area contributed by atoms with Crippen LogP contribution in [0, 0.1) is 17.5 Å². The van der Waals surface area contributed by atoms with Crippen LogP contribution in [0.3, 0.4) is 0 Å². The Morgan fingerprint density at radius 3 is 2.72 bits per heavy atom. The maximum Gasteiger partial charge on any atom is 0.257 e. The van der Waals surface area contributed by atoms with Crippen LogP contribution in [-0.4, -0.2) is 36.5 Å². The van der Waals surface area contributed by atoms with Crippen molar-refractivity contribution in [1.29, 1.82) is 0 Å². The summed E-state index contributed by atoms with van der Waals surface area (Å²) < 4.78 is 39.4. The van der Waals surface area contributed by atoms with Crippen LogP contribution in [0.1, 0.15) is 17.3 Å². The van der Waals surface area contributed by atoms with E-state index in [0.29, 0.717) is 19.6 Å². The number of carbonyl (C=O) groups is 1. The number of halogens is 3. The van der Waals surface area contributed by atoms with E-state index in [1.54, 1.807) is 0 Å². The molecular weight excluding hydrogens is 245 g/mol. The summed E-state index contributed by atoms with van der Waals surface area (Å²) in [4.78, 5) is 13.5. The van der Waals surface area contributed by atoms with Crippen LogP contribution in [-0.2, 0) is 0 Å². The molecule has 1 atom stereocenters. The summed E-state index contributed by atoms with van der Waals surface area (Å²) in [5.74, 6) is -4.94. The zero-order valence-corrected chi connectivity index (χ0v) is 9.84. The van der Waals surface area contributed by atoms with Crippen LogP contribution in [0.2, 0.25) is 0 Å². The largest absolute Gasteiger partial charge is 0.333 e. The monoisotopic (exact) mass is 258 g/mol. The Morgan fingerprint density at radius 1 is 1.33 bits per heavy atom. The van der Waals surface area contributed by atoms with Crippen LogP contribution in [0.4, 0.5) is 13.2 Å². The maximum atomic E-state index is 13.5. The second-order valence-electron chi connectivity index (χ2n) is 4.27. The van der Waals surface area contributed by atoms with Crippen molar-refractivity contribution >= 4 is 5.91 Å². The minimum absolute atomic E-state index is 0.112. The third kappa shape index (κ3) is 2.20. The van der Waals surface area contributed by atoms with Gasteiger partial charge < -0.3 is 10.2 Å². The summed E-state index contributed by atoms with van der Waals surface area (Å²) in [5.41, 5.74) is -0.428. The highest BCUT2D eigenvalue weighted by atomic mass is 19.2. The predicted molar refractivity (Wildman–Crippen MR) is 59.7 cm³/mol. The van der Waals surface area contributed by atoms with Crippen molar-refractivity contribution in [3.05, 3.63) is 35.1 Å². The second kappa shape index (κ2) is 4.97. The Labute approximate surface area is 103 Å².